The zero-order chi connectivity index (χ0) is 59.7. The molecule has 0 aliphatic heterocycles. The molecule has 0 fully saturated rings. The number of ether oxygens (including phenoxy) is 4. The van der Waals surface area contributed by atoms with Crippen molar-refractivity contribution in [2.24, 2.45) is 15.4 Å². The van der Waals surface area contributed by atoms with Crippen LogP contribution in [0.15, 0.2) is 214 Å². The average Bonchev–Trinajstić information content (AvgIpc) is 1.51. The number of carbonyl (C=O) groups excluding carboxylic acids is 6. The zero-order valence-electron chi connectivity index (χ0n) is 44.7. The molecule has 0 saturated carbocycles. The van der Waals surface area contributed by atoms with E-state index in [0.717, 1.165) is 22.7 Å². The first kappa shape index (κ1) is 55.0. The van der Waals surface area contributed by atoms with Crippen LogP contribution < -0.4 is 0 Å². The molecule has 0 radical (unpaired) electrons. The Kier molecular flexibility index (Phi) is 14.5. The van der Waals surface area contributed by atoms with Crippen LogP contribution in [0.1, 0.15) is 64.5 Å². The Labute approximate surface area is 497 Å². The number of thiophene rings is 2. The molecule has 18 heteroatoms. The lowest BCUT2D eigenvalue weighted by molar-refractivity contribution is -0.167. The van der Waals surface area contributed by atoms with E-state index in [9.17, 15) is 30.6 Å². The lowest BCUT2D eigenvalue weighted by atomic mass is 9.77. The molecule has 0 N–H and O–H groups in total. The molecule has 12 rings (SSSR count). The van der Waals surface area contributed by atoms with Gasteiger partial charge < -0.3 is 18.9 Å². The van der Waals surface area contributed by atoms with E-state index in [-0.39, 0.29) is 70.4 Å². The lowest BCUT2D eigenvalue weighted by Gasteiger charge is -2.29. The van der Waals surface area contributed by atoms with Crippen molar-refractivity contribution in [3.8, 4) is 24.3 Å². The summed E-state index contributed by atoms with van der Waals surface area (Å²) in [7, 11) is 0. The molecule has 4 aliphatic rings. The number of benzene rings is 6. The van der Waals surface area contributed by atoms with Crippen LogP contribution in [-0.4, -0.2) is 46.9 Å². The number of aliphatic imine (C=N–C) groups is 2. The highest BCUT2D eigenvalue weighted by Crippen LogP contribution is 2.66. The molecule has 2 aromatic heterocycles. The Morgan fingerprint density at radius 3 is 1.21 bits per heavy atom. The molecule has 2 heterocycles. The van der Waals surface area contributed by atoms with Gasteiger partial charge in [-0.2, -0.15) is 21.0 Å². The molecule has 0 amide bonds. The molecule has 4 aliphatic carbocycles. The van der Waals surface area contributed by atoms with E-state index >= 15 is 19.2 Å². The number of fused-ring (bicyclic) bond motifs is 6. The predicted molar refractivity (Wildman–Crippen MR) is 316 cm³/mol. The van der Waals surface area contributed by atoms with Gasteiger partial charge in [0, 0.05) is 43.0 Å². The number of carbonyl (C=O) groups is 6. The van der Waals surface area contributed by atoms with Crippen molar-refractivity contribution in [3.63, 3.8) is 0 Å². The summed E-state index contributed by atoms with van der Waals surface area (Å²) in [6.45, 7) is -1.71. The fourth-order valence-electron chi connectivity index (χ4n) is 11.0. The number of hydrogen-bond acceptors (Lipinski definition) is 18. The number of rotatable bonds is 14. The van der Waals surface area contributed by atoms with Crippen molar-refractivity contribution in [3.05, 3.63) is 259 Å². The van der Waals surface area contributed by atoms with Crippen molar-refractivity contribution in [2.75, 3.05) is 0 Å². The third-order valence-electron chi connectivity index (χ3n) is 14.9. The van der Waals surface area contributed by atoms with Crippen molar-refractivity contribution in [1.82, 2.24) is 0 Å². The number of esters is 4. The summed E-state index contributed by atoms with van der Waals surface area (Å²) in [6, 6.07) is 55.9. The quantitative estimate of drug-likeness (QED) is 0.0424. The molecule has 0 atom stereocenters. The summed E-state index contributed by atoms with van der Waals surface area (Å²) >= 11 is 1.85. The van der Waals surface area contributed by atoms with Gasteiger partial charge in [-0.15, -0.1) is 22.7 Å². The molecule has 86 heavy (non-hydrogen) atoms. The molecule has 0 saturated heterocycles. The van der Waals surface area contributed by atoms with Gasteiger partial charge in [0.05, 0.1) is 10.4 Å². The van der Waals surface area contributed by atoms with E-state index in [1.165, 1.54) is 18.2 Å². The van der Waals surface area contributed by atoms with Crippen molar-refractivity contribution < 1.29 is 47.7 Å². The molecule has 6 aromatic carbocycles. The van der Waals surface area contributed by atoms with Crippen molar-refractivity contribution >= 4 is 101 Å². The third kappa shape index (κ3) is 9.03. The Balaban J connectivity index is 1.16. The first-order chi connectivity index (χ1) is 42.0. The second kappa shape index (κ2) is 22.7. The van der Waals surface area contributed by atoms with Crippen LogP contribution in [-0.2, 0) is 70.0 Å². The smallest absolute Gasteiger partial charge is 0.334 e. The van der Waals surface area contributed by atoms with E-state index in [0.29, 0.717) is 32.5 Å². The van der Waals surface area contributed by atoms with Crippen LogP contribution in [0.2, 0.25) is 0 Å². The van der Waals surface area contributed by atoms with E-state index in [1.54, 1.807) is 164 Å². The number of allylic oxidation sites excluding steroid dienone is 5. The van der Waals surface area contributed by atoms with E-state index in [2.05, 4.69) is 0 Å². The summed E-state index contributed by atoms with van der Waals surface area (Å²) in [4.78, 5) is 104. The van der Waals surface area contributed by atoms with Gasteiger partial charge >= 0.3 is 23.9 Å². The molecule has 0 spiro atoms. The van der Waals surface area contributed by atoms with Gasteiger partial charge in [-0.05, 0) is 51.1 Å². The maximum absolute atomic E-state index is 16.2. The highest BCUT2D eigenvalue weighted by atomic mass is 32.1. The van der Waals surface area contributed by atoms with Crippen LogP contribution in [0, 0.1) is 50.7 Å². The van der Waals surface area contributed by atoms with E-state index in [4.69, 9.17) is 28.9 Å². The fraction of sp³-hybridized carbons (Fsp3) is 0.0882. The minimum Gasteiger partial charge on any atom is -0.459 e. The van der Waals surface area contributed by atoms with Gasteiger partial charge in [-0.3, -0.25) is 28.8 Å². The van der Waals surface area contributed by atoms with Gasteiger partial charge in [0.1, 0.15) is 78.3 Å². The molecule has 0 unspecified atom stereocenters. The van der Waals surface area contributed by atoms with Crippen LogP contribution in [0.4, 0.5) is 5.00 Å². The zero-order valence-corrected chi connectivity index (χ0v) is 46.4. The van der Waals surface area contributed by atoms with Gasteiger partial charge in [0.2, 0.25) is 22.4 Å². The second-order valence-corrected chi connectivity index (χ2v) is 21.8. The standard InChI is InChI=1S/C68H38N6O10S2/c69-31-43(32-70)53-45-25-13-15-27-47(45)59(75)57(53)73-51-29-49-55(68(51,65(79)83-37-41-21-9-3-10-22-41)66(80)84-38-42-23-11-4-12-24-42)62-56(67(49,63(77)81-35-39-17-5-1-6-18-39)64(78)82-36-40-19-7-2-8-20-40)61-50(85-62)30-52(86-61)74-58-54(44(33-71)34-72)46-26-14-16-28-48(46)60(58)76/h1-30H,35-38H2/b73-57-,74-58-. The minimum atomic E-state index is -2.97. The number of Topliss-reactive ketones (excluding diaryl/α,β-unsaturated/α-hetero) is 2. The number of hydrogen-bond donors (Lipinski definition) is 0. The minimum absolute atomic E-state index is 0.00663. The Morgan fingerprint density at radius 2 is 0.814 bits per heavy atom. The molecule has 16 nitrogen and oxygen atoms in total. The SMILES string of the molecule is N#CC(C#N)=C1/C(=N/C2=CC3=C(c4sc5cc(/N=C6\C(=O)c7ccccc7C6=C(C#N)C#N)sc5c4C3(C(=O)OCc3ccccc3)C(=O)OCc3ccccc3)C2(C(=O)OCc2ccccc2)C(=O)OCc2ccccc2)C(=O)c2ccccc21. The molecule has 8 aromatic rings. The maximum Gasteiger partial charge on any atom is 0.334 e. The third-order valence-corrected chi connectivity index (χ3v) is 17.3. The number of nitriles is 4. The summed E-state index contributed by atoms with van der Waals surface area (Å²) in [5.74, 6) is -6.48. The van der Waals surface area contributed by atoms with Gasteiger partial charge in [-0.25, -0.2) is 9.98 Å². The second-order valence-electron chi connectivity index (χ2n) is 19.8. The highest BCUT2D eigenvalue weighted by molar-refractivity contribution is 7.30. The predicted octanol–water partition coefficient (Wildman–Crippen LogP) is 11.7. The Morgan fingerprint density at radius 1 is 0.453 bits per heavy atom. The first-order valence-electron chi connectivity index (χ1n) is 26.4. The Bertz CT molecular complexity index is 4500. The summed E-state index contributed by atoms with van der Waals surface area (Å²) in [6.07, 6.45) is 1.17. The monoisotopic (exact) mass is 1160 g/mol. The lowest BCUT2D eigenvalue weighted by Crippen LogP contribution is -2.46. The average molecular weight is 1160 g/mol. The van der Waals surface area contributed by atoms with Crippen molar-refractivity contribution in [1.29, 1.82) is 21.0 Å². The Hall–Kier alpha value is -11.5. The topological polar surface area (TPSA) is 259 Å². The summed E-state index contributed by atoms with van der Waals surface area (Å²) in [5, 5.41) is 41.3. The fourth-order valence-corrected chi connectivity index (χ4v) is 13.8. The van der Waals surface area contributed by atoms with E-state index in [1.807, 2.05) is 24.3 Å². The van der Waals surface area contributed by atoms with Gasteiger partial charge in [-0.1, -0.05) is 170 Å². The summed E-state index contributed by atoms with van der Waals surface area (Å²) in [5.41, 5.74) is -6.29. The maximum atomic E-state index is 16.2. The van der Waals surface area contributed by atoms with Crippen LogP contribution in [0.3, 0.4) is 0 Å². The largest absolute Gasteiger partial charge is 0.459 e. The van der Waals surface area contributed by atoms with Crippen molar-refractivity contribution in [2.45, 2.75) is 31.8 Å². The molecular weight excluding hydrogens is 1120 g/mol. The highest BCUT2D eigenvalue weighted by Gasteiger charge is 2.71. The van der Waals surface area contributed by atoms with Crippen LogP contribution in [0.25, 0.3) is 26.1 Å². The van der Waals surface area contributed by atoms with Gasteiger partial charge in [0.25, 0.3) is 0 Å². The van der Waals surface area contributed by atoms with Crippen LogP contribution >= 0.6 is 22.7 Å². The normalized spacial score (nSPS) is 15.6. The molecule has 412 valence electrons. The molecular formula is C68H38N6O10S2. The van der Waals surface area contributed by atoms with Crippen LogP contribution in [0.5, 0.6) is 0 Å². The van der Waals surface area contributed by atoms with E-state index < -0.39 is 89.7 Å². The first-order valence-corrected chi connectivity index (χ1v) is 28.1. The summed E-state index contributed by atoms with van der Waals surface area (Å²) < 4.78 is 25.5. The number of ketones is 2. The van der Waals surface area contributed by atoms with Gasteiger partial charge in [0.15, 0.2) is 0 Å². The molecule has 0 bridgehead atoms. The number of nitrogens with zero attached hydrogens (tertiary/aromatic N) is 6.